The van der Waals surface area contributed by atoms with Crippen molar-refractivity contribution in [2.45, 2.75) is 44.7 Å². The number of carbonyl (C=O) groups excluding carboxylic acids is 2. The zero-order valence-corrected chi connectivity index (χ0v) is 17.2. The molecule has 0 radical (unpaired) electrons. The Morgan fingerprint density at radius 2 is 2.07 bits per heavy atom. The van der Waals surface area contributed by atoms with Crippen LogP contribution >= 0.6 is 0 Å². The van der Waals surface area contributed by atoms with Gasteiger partial charge < -0.3 is 20.9 Å². The van der Waals surface area contributed by atoms with Gasteiger partial charge >= 0.3 is 0 Å². The number of hydrogen-bond donors (Lipinski definition) is 3. The maximum atomic E-state index is 12.9. The van der Waals surface area contributed by atoms with E-state index in [4.69, 9.17) is 0 Å². The van der Waals surface area contributed by atoms with Crippen molar-refractivity contribution >= 4 is 17.5 Å². The number of hydrogen-bond acceptors (Lipinski definition) is 4. The smallest absolute Gasteiger partial charge is 0.255 e. The highest BCUT2D eigenvalue weighted by Crippen LogP contribution is 2.58. The number of amides is 2. The number of nitrogens with one attached hydrogen (secondary N) is 3. The number of para-hydroxylation sites is 1. The summed E-state index contributed by atoms with van der Waals surface area (Å²) in [4.78, 5) is 27.8. The molecule has 3 N–H and O–H groups in total. The summed E-state index contributed by atoms with van der Waals surface area (Å²) in [7, 11) is 4.10. The molecule has 6 nitrogen and oxygen atoms in total. The van der Waals surface area contributed by atoms with Crippen molar-refractivity contribution in [3.8, 4) is 0 Å². The SMILES string of the molecule is CN(C)CCCNC(=O)[C@H]1C[C@H]2CC[C@@]1(C)C[C@]21NC(=O)c2ccccc2N1. The number of nitrogens with zero attached hydrogens (tertiary/aromatic N) is 1. The second-order valence-electron chi connectivity index (χ2n) is 9.40. The normalized spacial score (nSPS) is 33.4. The molecular formula is C22H32N4O2. The Labute approximate surface area is 167 Å². The predicted octanol–water partition coefficient (Wildman–Crippen LogP) is 2.43. The van der Waals surface area contributed by atoms with E-state index in [9.17, 15) is 9.59 Å². The Hall–Kier alpha value is -2.08. The summed E-state index contributed by atoms with van der Waals surface area (Å²) in [5.41, 5.74) is 1.08. The van der Waals surface area contributed by atoms with Gasteiger partial charge in [-0.3, -0.25) is 9.59 Å². The third-order valence-electron chi connectivity index (χ3n) is 7.07. The van der Waals surface area contributed by atoms with Crippen molar-refractivity contribution < 1.29 is 9.59 Å². The van der Waals surface area contributed by atoms with Gasteiger partial charge in [0.2, 0.25) is 5.91 Å². The van der Waals surface area contributed by atoms with Crippen LogP contribution in [0.2, 0.25) is 0 Å². The summed E-state index contributed by atoms with van der Waals surface area (Å²) in [6, 6.07) is 7.70. The lowest BCUT2D eigenvalue weighted by Crippen LogP contribution is -2.70. The summed E-state index contributed by atoms with van der Waals surface area (Å²) in [6.07, 6.45) is 4.65. The second-order valence-corrected chi connectivity index (χ2v) is 9.40. The molecular weight excluding hydrogens is 352 g/mol. The number of anilines is 1. The first-order valence-corrected chi connectivity index (χ1v) is 10.5. The van der Waals surface area contributed by atoms with E-state index in [0.29, 0.717) is 5.56 Å². The maximum Gasteiger partial charge on any atom is 0.255 e. The van der Waals surface area contributed by atoms with Crippen molar-refractivity contribution in [2.75, 3.05) is 32.5 Å². The van der Waals surface area contributed by atoms with Crippen LogP contribution in [0.3, 0.4) is 0 Å². The molecule has 5 rings (SSSR count). The molecule has 3 aliphatic carbocycles. The van der Waals surface area contributed by atoms with Gasteiger partial charge in [0.15, 0.2) is 0 Å². The summed E-state index contributed by atoms with van der Waals surface area (Å²) in [5, 5.41) is 10.1. The lowest BCUT2D eigenvalue weighted by atomic mass is 9.51. The third kappa shape index (κ3) is 3.28. The van der Waals surface area contributed by atoms with E-state index in [-0.39, 0.29) is 29.1 Å². The molecule has 4 aliphatic rings. The molecule has 3 fully saturated rings. The van der Waals surface area contributed by atoms with Gasteiger partial charge in [0, 0.05) is 24.1 Å². The fourth-order valence-electron chi connectivity index (χ4n) is 5.58. The fourth-order valence-corrected chi connectivity index (χ4v) is 5.58. The van der Waals surface area contributed by atoms with Crippen LogP contribution in [-0.4, -0.2) is 49.6 Å². The van der Waals surface area contributed by atoms with Crippen LogP contribution in [0.4, 0.5) is 5.69 Å². The highest BCUT2D eigenvalue weighted by atomic mass is 16.2. The van der Waals surface area contributed by atoms with E-state index in [1.165, 1.54) is 0 Å². The van der Waals surface area contributed by atoms with Crippen molar-refractivity contribution in [2.24, 2.45) is 17.3 Å². The highest BCUT2D eigenvalue weighted by Gasteiger charge is 2.60. The average molecular weight is 385 g/mol. The molecule has 4 atom stereocenters. The van der Waals surface area contributed by atoms with Crippen LogP contribution in [0.5, 0.6) is 0 Å². The summed E-state index contributed by atoms with van der Waals surface area (Å²) >= 11 is 0. The topological polar surface area (TPSA) is 73.5 Å². The predicted molar refractivity (Wildman–Crippen MR) is 110 cm³/mol. The van der Waals surface area contributed by atoms with E-state index < -0.39 is 5.66 Å². The zero-order chi connectivity index (χ0) is 19.9. The Balaban J connectivity index is 1.48. The Kier molecular flexibility index (Phi) is 4.86. The van der Waals surface area contributed by atoms with Crippen LogP contribution < -0.4 is 16.0 Å². The maximum absolute atomic E-state index is 12.9. The molecule has 6 heteroatoms. The van der Waals surface area contributed by atoms with Crippen LogP contribution in [0.15, 0.2) is 24.3 Å². The Bertz CT molecular complexity index is 780. The molecule has 1 spiro atoms. The van der Waals surface area contributed by atoms with Gasteiger partial charge in [-0.2, -0.15) is 0 Å². The van der Waals surface area contributed by atoms with Crippen LogP contribution in [0, 0.1) is 17.3 Å². The molecule has 0 unspecified atom stereocenters. The average Bonchev–Trinajstić information content (AvgIpc) is 2.64. The highest BCUT2D eigenvalue weighted by molar-refractivity contribution is 6.02. The van der Waals surface area contributed by atoms with Gasteiger partial charge in [-0.1, -0.05) is 19.1 Å². The van der Waals surface area contributed by atoms with Crippen LogP contribution in [-0.2, 0) is 4.79 Å². The molecule has 2 bridgehead atoms. The second kappa shape index (κ2) is 7.07. The van der Waals surface area contributed by atoms with Crippen LogP contribution in [0.1, 0.15) is 49.4 Å². The van der Waals surface area contributed by atoms with Crippen LogP contribution in [0.25, 0.3) is 0 Å². The lowest BCUT2D eigenvalue weighted by Gasteiger charge is -2.60. The minimum absolute atomic E-state index is 0.00446. The lowest BCUT2D eigenvalue weighted by molar-refractivity contribution is -0.139. The number of carbonyl (C=O) groups is 2. The summed E-state index contributed by atoms with van der Waals surface area (Å²) < 4.78 is 0. The first-order valence-electron chi connectivity index (χ1n) is 10.5. The van der Waals surface area contributed by atoms with Gasteiger partial charge in [0.25, 0.3) is 5.91 Å². The number of benzene rings is 1. The standard InChI is InChI=1S/C22H32N4O2/c1-21-10-9-15(13-17(21)20(28)23-11-6-12-26(2)3)22(14-21)24-18-8-5-4-7-16(18)19(27)25-22/h4-5,7-8,15,17,24H,6,9-14H2,1-3H3,(H,23,28)(H,25,27)/t15-,17-,21+,22+/m1/s1. The monoisotopic (exact) mass is 384 g/mol. The number of rotatable bonds is 5. The van der Waals surface area contributed by atoms with Gasteiger partial charge in [0.1, 0.15) is 5.66 Å². The molecule has 1 aromatic rings. The van der Waals surface area contributed by atoms with Gasteiger partial charge in [-0.25, -0.2) is 0 Å². The first-order chi connectivity index (χ1) is 13.3. The molecule has 2 amide bonds. The van der Waals surface area contributed by atoms with Gasteiger partial charge in [-0.05, 0) is 70.3 Å². The van der Waals surface area contributed by atoms with Crippen molar-refractivity contribution in [1.29, 1.82) is 0 Å². The third-order valence-corrected chi connectivity index (χ3v) is 7.07. The van der Waals surface area contributed by atoms with Gasteiger partial charge in [-0.15, -0.1) is 0 Å². The van der Waals surface area contributed by atoms with Crippen molar-refractivity contribution in [3.63, 3.8) is 0 Å². The summed E-state index contributed by atoms with van der Waals surface area (Å²) in [5.74, 6) is 0.467. The molecule has 0 saturated heterocycles. The molecule has 0 aromatic heterocycles. The van der Waals surface area contributed by atoms with Crippen molar-refractivity contribution in [1.82, 2.24) is 15.5 Å². The first kappa shape index (κ1) is 19.2. The van der Waals surface area contributed by atoms with E-state index in [2.05, 4.69) is 27.8 Å². The minimum atomic E-state index is -0.430. The Morgan fingerprint density at radius 1 is 1.29 bits per heavy atom. The molecule has 1 heterocycles. The molecule has 1 aromatic carbocycles. The molecule has 28 heavy (non-hydrogen) atoms. The fraction of sp³-hybridized carbons (Fsp3) is 0.636. The van der Waals surface area contributed by atoms with E-state index >= 15 is 0 Å². The quantitative estimate of drug-likeness (QED) is 0.682. The molecule has 152 valence electrons. The van der Waals surface area contributed by atoms with E-state index in [0.717, 1.165) is 50.9 Å². The van der Waals surface area contributed by atoms with E-state index in [1.54, 1.807) is 0 Å². The number of fused-ring (bicyclic) bond motifs is 3. The Morgan fingerprint density at radius 3 is 2.82 bits per heavy atom. The largest absolute Gasteiger partial charge is 0.362 e. The van der Waals surface area contributed by atoms with Crippen molar-refractivity contribution in [3.05, 3.63) is 29.8 Å². The van der Waals surface area contributed by atoms with Gasteiger partial charge in [0.05, 0.1) is 5.56 Å². The molecule has 1 aliphatic heterocycles. The molecule has 3 saturated carbocycles. The minimum Gasteiger partial charge on any atom is -0.362 e. The van der Waals surface area contributed by atoms with E-state index in [1.807, 2.05) is 38.4 Å². The summed E-state index contributed by atoms with van der Waals surface area (Å²) in [6.45, 7) is 3.92. The zero-order valence-electron chi connectivity index (χ0n) is 17.2.